The van der Waals surface area contributed by atoms with Gasteiger partial charge in [0, 0.05) is 12.8 Å². The highest BCUT2D eigenvalue weighted by molar-refractivity contribution is 5.69. The average Bonchev–Trinajstić information content (AvgIpc) is 2.85. The number of carboxylic acids is 1. The summed E-state index contributed by atoms with van der Waals surface area (Å²) in [4.78, 5) is 22.9. The highest BCUT2D eigenvalue weighted by atomic mass is 16.5. The summed E-state index contributed by atoms with van der Waals surface area (Å²) >= 11 is 0. The van der Waals surface area contributed by atoms with Gasteiger partial charge in [-0.25, -0.2) is 0 Å². The number of ether oxygens (including phenoxy) is 1. The van der Waals surface area contributed by atoms with Crippen molar-refractivity contribution in [1.29, 1.82) is 0 Å². The first-order chi connectivity index (χ1) is 17.6. The molecule has 0 amide bonds. The normalized spacial score (nSPS) is 13.2. The van der Waals surface area contributed by atoms with E-state index in [1.165, 1.54) is 25.7 Å². The van der Waals surface area contributed by atoms with Crippen molar-refractivity contribution < 1.29 is 19.4 Å². The Hall–Kier alpha value is -2.36. The standard InChI is InChI=1S/C32H52O4/c1-3-5-7-9-10-11-12-13-14-15-16-21-25-29-32(35)36-30(26-22-18-8-6-4-2)27-23-19-17-20-24-28-31(33)34/h6-9,11-12,22-23,26-27,30H,3-5,10,13-21,24-25,28-29H2,1-2H3,(H,33,34)/b8-6-,9-7-,12-11-,26-22-,27-23-. The summed E-state index contributed by atoms with van der Waals surface area (Å²) < 4.78 is 5.69. The first-order valence-electron chi connectivity index (χ1n) is 14.3. The van der Waals surface area contributed by atoms with Gasteiger partial charge in [-0.2, -0.15) is 0 Å². The minimum atomic E-state index is -0.738. The van der Waals surface area contributed by atoms with Gasteiger partial charge in [0.05, 0.1) is 0 Å². The predicted molar refractivity (Wildman–Crippen MR) is 153 cm³/mol. The third kappa shape index (κ3) is 26.2. The van der Waals surface area contributed by atoms with Gasteiger partial charge in [-0.05, 0) is 76.4 Å². The molecule has 0 heterocycles. The van der Waals surface area contributed by atoms with Crippen molar-refractivity contribution in [3.05, 3.63) is 60.8 Å². The summed E-state index contributed by atoms with van der Waals surface area (Å²) in [7, 11) is 0. The van der Waals surface area contributed by atoms with Crippen LogP contribution in [0.25, 0.3) is 0 Å². The molecule has 0 aliphatic rings. The molecular formula is C32H52O4. The van der Waals surface area contributed by atoms with Crippen molar-refractivity contribution in [2.24, 2.45) is 0 Å². The van der Waals surface area contributed by atoms with Gasteiger partial charge in [0.1, 0.15) is 6.10 Å². The molecule has 0 aromatic carbocycles. The molecule has 0 aromatic heterocycles. The van der Waals surface area contributed by atoms with Crippen LogP contribution in [0, 0.1) is 0 Å². The number of hydrogen-bond donors (Lipinski definition) is 1. The van der Waals surface area contributed by atoms with Crippen LogP contribution >= 0.6 is 0 Å². The van der Waals surface area contributed by atoms with Crippen LogP contribution < -0.4 is 0 Å². The maximum Gasteiger partial charge on any atom is 0.306 e. The van der Waals surface area contributed by atoms with Crippen LogP contribution in [0.5, 0.6) is 0 Å². The van der Waals surface area contributed by atoms with E-state index in [0.717, 1.165) is 64.2 Å². The molecule has 1 atom stereocenters. The van der Waals surface area contributed by atoms with E-state index in [1.54, 1.807) is 0 Å². The third-order valence-electron chi connectivity index (χ3n) is 5.67. The lowest BCUT2D eigenvalue weighted by Gasteiger charge is -2.11. The van der Waals surface area contributed by atoms with Crippen LogP contribution in [0.3, 0.4) is 0 Å². The fourth-order valence-electron chi connectivity index (χ4n) is 3.59. The molecule has 4 heteroatoms. The summed E-state index contributed by atoms with van der Waals surface area (Å²) in [5, 5.41) is 8.70. The third-order valence-corrected chi connectivity index (χ3v) is 5.67. The van der Waals surface area contributed by atoms with Gasteiger partial charge in [0.2, 0.25) is 0 Å². The van der Waals surface area contributed by atoms with Crippen molar-refractivity contribution >= 4 is 11.9 Å². The molecule has 0 rings (SSSR count). The molecule has 4 nitrogen and oxygen atoms in total. The fraction of sp³-hybridized carbons (Fsp3) is 0.625. The Morgan fingerprint density at radius 1 is 0.639 bits per heavy atom. The number of carbonyl (C=O) groups excluding carboxylic acids is 1. The molecule has 204 valence electrons. The molecule has 0 bridgehead atoms. The molecule has 0 saturated heterocycles. The van der Waals surface area contributed by atoms with Gasteiger partial charge in [-0.1, -0.05) is 94.6 Å². The maximum atomic E-state index is 12.4. The van der Waals surface area contributed by atoms with Crippen LogP contribution in [0.1, 0.15) is 123 Å². The van der Waals surface area contributed by atoms with E-state index in [0.29, 0.717) is 12.8 Å². The minimum Gasteiger partial charge on any atom is -0.481 e. The maximum absolute atomic E-state index is 12.4. The largest absolute Gasteiger partial charge is 0.481 e. The van der Waals surface area contributed by atoms with E-state index in [2.05, 4.69) is 50.3 Å². The Morgan fingerprint density at radius 3 is 1.92 bits per heavy atom. The molecule has 0 aliphatic carbocycles. The Bertz CT molecular complexity index is 670. The summed E-state index contributed by atoms with van der Waals surface area (Å²) in [6.45, 7) is 4.30. The van der Waals surface area contributed by atoms with Crippen LogP contribution in [-0.4, -0.2) is 23.1 Å². The van der Waals surface area contributed by atoms with Crippen LogP contribution in [0.2, 0.25) is 0 Å². The van der Waals surface area contributed by atoms with E-state index in [-0.39, 0.29) is 18.5 Å². The summed E-state index contributed by atoms with van der Waals surface area (Å²) in [6.07, 6.45) is 36.9. The molecule has 0 saturated carbocycles. The van der Waals surface area contributed by atoms with Gasteiger partial charge in [0.25, 0.3) is 0 Å². The van der Waals surface area contributed by atoms with E-state index in [4.69, 9.17) is 9.84 Å². The monoisotopic (exact) mass is 500 g/mol. The van der Waals surface area contributed by atoms with E-state index >= 15 is 0 Å². The molecular weight excluding hydrogens is 448 g/mol. The Balaban J connectivity index is 4.14. The second kappa shape index (κ2) is 27.2. The number of hydrogen-bond acceptors (Lipinski definition) is 3. The Labute approximate surface area is 221 Å². The van der Waals surface area contributed by atoms with Crippen LogP contribution in [-0.2, 0) is 14.3 Å². The van der Waals surface area contributed by atoms with E-state index < -0.39 is 5.97 Å². The van der Waals surface area contributed by atoms with E-state index in [1.807, 2.05) is 24.3 Å². The first kappa shape index (κ1) is 33.6. The van der Waals surface area contributed by atoms with Crippen LogP contribution in [0.4, 0.5) is 0 Å². The van der Waals surface area contributed by atoms with Gasteiger partial charge in [-0.15, -0.1) is 0 Å². The number of aliphatic carboxylic acids is 1. The molecule has 0 fully saturated rings. The Morgan fingerprint density at radius 2 is 1.19 bits per heavy atom. The lowest BCUT2D eigenvalue weighted by Crippen LogP contribution is -2.13. The summed E-state index contributed by atoms with van der Waals surface area (Å²) in [5.41, 5.74) is 0. The van der Waals surface area contributed by atoms with Gasteiger partial charge in [0.15, 0.2) is 0 Å². The Kier molecular flexibility index (Phi) is 25.4. The SMILES string of the molecule is CC/C=C\C/C=C\C(/C=C\CCCCCC(=O)O)OC(=O)CCCCCCC/C=C\C/C=C\CCC. The fourth-order valence-corrected chi connectivity index (χ4v) is 3.59. The van der Waals surface area contributed by atoms with E-state index in [9.17, 15) is 9.59 Å². The number of carbonyl (C=O) groups is 2. The van der Waals surface area contributed by atoms with Gasteiger partial charge < -0.3 is 9.84 Å². The summed E-state index contributed by atoms with van der Waals surface area (Å²) in [6, 6.07) is 0. The molecule has 0 aliphatic heterocycles. The van der Waals surface area contributed by atoms with Crippen molar-refractivity contribution in [3.8, 4) is 0 Å². The number of carboxylic acid groups (broad SMARTS) is 1. The zero-order valence-corrected chi connectivity index (χ0v) is 23.0. The molecule has 0 aromatic rings. The van der Waals surface area contributed by atoms with Crippen molar-refractivity contribution in [3.63, 3.8) is 0 Å². The number of unbranched alkanes of at least 4 members (excludes halogenated alkanes) is 9. The number of esters is 1. The number of rotatable bonds is 24. The highest BCUT2D eigenvalue weighted by Gasteiger charge is 2.08. The minimum absolute atomic E-state index is 0.140. The number of allylic oxidation sites excluding steroid dienone is 8. The quantitative estimate of drug-likeness (QED) is 0.0814. The summed E-state index contributed by atoms with van der Waals surface area (Å²) in [5.74, 6) is -0.878. The predicted octanol–water partition coefficient (Wildman–Crippen LogP) is 9.44. The van der Waals surface area contributed by atoms with Crippen LogP contribution in [0.15, 0.2) is 60.8 Å². The topological polar surface area (TPSA) is 63.6 Å². The van der Waals surface area contributed by atoms with Crippen molar-refractivity contribution in [1.82, 2.24) is 0 Å². The second-order valence-corrected chi connectivity index (χ2v) is 9.19. The smallest absolute Gasteiger partial charge is 0.306 e. The zero-order chi connectivity index (χ0) is 26.5. The average molecular weight is 501 g/mol. The second-order valence-electron chi connectivity index (χ2n) is 9.19. The molecule has 0 spiro atoms. The molecule has 36 heavy (non-hydrogen) atoms. The zero-order valence-electron chi connectivity index (χ0n) is 23.0. The first-order valence-corrected chi connectivity index (χ1v) is 14.3. The highest BCUT2D eigenvalue weighted by Crippen LogP contribution is 2.11. The molecule has 0 radical (unpaired) electrons. The van der Waals surface area contributed by atoms with Gasteiger partial charge >= 0.3 is 11.9 Å². The van der Waals surface area contributed by atoms with Gasteiger partial charge in [-0.3, -0.25) is 9.59 Å². The molecule has 1 N–H and O–H groups in total. The van der Waals surface area contributed by atoms with Crippen molar-refractivity contribution in [2.75, 3.05) is 0 Å². The molecule has 1 unspecified atom stereocenters. The lowest BCUT2D eigenvalue weighted by atomic mass is 10.1. The lowest BCUT2D eigenvalue weighted by molar-refractivity contribution is -0.145. The van der Waals surface area contributed by atoms with Crippen molar-refractivity contribution in [2.45, 2.75) is 129 Å².